The maximum absolute atomic E-state index is 14.5. The van der Waals surface area contributed by atoms with E-state index in [1.54, 1.807) is 62.8 Å². The Hall–Kier alpha value is -2.88. The van der Waals surface area contributed by atoms with Crippen molar-refractivity contribution in [2.24, 2.45) is 0 Å². The highest BCUT2D eigenvalue weighted by molar-refractivity contribution is 5.72. The van der Waals surface area contributed by atoms with E-state index in [9.17, 15) is 8.78 Å². The molecule has 0 N–H and O–H groups in total. The smallest absolute Gasteiger partial charge is 0.131 e. The van der Waals surface area contributed by atoms with Crippen molar-refractivity contribution in [2.45, 2.75) is 0 Å². The topological polar surface area (TPSA) is 18.5 Å². The standard InChI is InChI=1S/C20H16F2O2/c1-23-15-7-3-13(4-8-15)17-11-20(22)18(12-19(17)21)14-5-9-16(24-2)10-6-14/h3-12H,1-2H3. The zero-order valence-corrected chi connectivity index (χ0v) is 13.3. The normalized spacial score (nSPS) is 10.5. The summed E-state index contributed by atoms with van der Waals surface area (Å²) in [6.45, 7) is 0. The summed E-state index contributed by atoms with van der Waals surface area (Å²) in [6, 6.07) is 16.1. The first-order chi connectivity index (χ1) is 11.6. The molecule has 0 saturated carbocycles. The van der Waals surface area contributed by atoms with Crippen LogP contribution in [0.1, 0.15) is 0 Å². The van der Waals surface area contributed by atoms with Crippen LogP contribution < -0.4 is 9.47 Å². The fraction of sp³-hybridized carbons (Fsp3) is 0.100. The van der Waals surface area contributed by atoms with Crippen LogP contribution in [0.3, 0.4) is 0 Å². The van der Waals surface area contributed by atoms with Crippen molar-refractivity contribution in [2.75, 3.05) is 14.2 Å². The zero-order valence-electron chi connectivity index (χ0n) is 13.3. The number of methoxy groups -OCH3 is 2. The maximum Gasteiger partial charge on any atom is 0.131 e. The number of ether oxygens (including phenoxy) is 2. The molecule has 122 valence electrons. The molecule has 0 fully saturated rings. The molecule has 2 nitrogen and oxygen atoms in total. The Morgan fingerprint density at radius 2 is 0.917 bits per heavy atom. The van der Waals surface area contributed by atoms with E-state index in [4.69, 9.17) is 9.47 Å². The average Bonchev–Trinajstić information content (AvgIpc) is 2.63. The molecular formula is C20H16F2O2. The predicted octanol–water partition coefficient (Wildman–Crippen LogP) is 5.32. The first kappa shape index (κ1) is 16.0. The van der Waals surface area contributed by atoms with Crippen LogP contribution in [0.5, 0.6) is 11.5 Å². The second-order valence-corrected chi connectivity index (χ2v) is 5.27. The van der Waals surface area contributed by atoms with E-state index < -0.39 is 11.6 Å². The molecule has 0 saturated heterocycles. The minimum Gasteiger partial charge on any atom is -0.497 e. The van der Waals surface area contributed by atoms with Gasteiger partial charge in [-0.3, -0.25) is 0 Å². The zero-order chi connectivity index (χ0) is 17.1. The van der Waals surface area contributed by atoms with Crippen molar-refractivity contribution < 1.29 is 18.3 Å². The molecule has 0 spiro atoms. The molecule has 3 rings (SSSR count). The Bertz CT molecular complexity index is 768. The molecule has 0 aliphatic heterocycles. The van der Waals surface area contributed by atoms with Crippen LogP contribution in [0.4, 0.5) is 8.78 Å². The van der Waals surface area contributed by atoms with Crippen molar-refractivity contribution in [3.8, 4) is 33.8 Å². The van der Waals surface area contributed by atoms with Gasteiger partial charge in [-0.05, 0) is 47.5 Å². The van der Waals surface area contributed by atoms with Crippen molar-refractivity contribution in [3.05, 3.63) is 72.3 Å². The van der Waals surface area contributed by atoms with Crippen LogP contribution in [0.15, 0.2) is 60.7 Å². The van der Waals surface area contributed by atoms with Crippen LogP contribution >= 0.6 is 0 Å². The van der Waals surface area contributed by atoms with Crippen LogP contribution in [0, 0.1) is 11.6 Å². The summed E-state index contributed by atoms with van der Waals surface area (Å²) in [4.78, 5) is 0. The van der Waals surface area contributed by atoms with Crippen molar-refractivity contribution >= 4 is 0 Å². The van der Waals surface area contributed by atoms with Gasteiger partial charge in [0.1, 0.15) is 23.1 Å². The van der Waals surface area contributed by atoms with E-state index in [-0.39, 0.29) is 11.1 Å². The van der Waals surface area contributed by atoms with Gasteiger partial charge in [-0.25, -0.2) is 8.78 Å². The highest BCUT2D eigenvalue weighted by atomic mass is 19.1. The Morgan fingerprint density at radius 1 is 0.583 bits per heavy atom. The van der Waals surface area contributed by atoms with Crippen LogP contribution in [0.25, 0.3) is 22.3 Å². The number of halogens is 2. The molecule has 0 radical (unpaired) electrons. The molecule has 0 heterocycles. The van der Waals surface area contributed by atoms with Gasteiger partial charge < -0.3 is 9.47 Å². The minimum absolute atomic E-state index is 0.215. The molecule has 0 atom stereocenters. The van der Waals surface area contributed by atoms with E-state index in [0.29, 0.717) is 22.6 Å². The third-order valence-electron chi connectivity index (χ3n) is 3.86. The lowest BCUT2D eigenvalue weighted by Gasteiger charge is -2.10. The Kier molecular flexibility index (Phi) is 4.47. The lowest BCUT2D eigenvalue weighted by atomic mass is 9.99. The molecule has 0 unspecified atom stereocenters. The largest absolute Gasteiger partial charge is 0.497 e. The highest BCUT2D eigenvalue weighted by Gasteiger charge is 2.13. The summed E-state index contributed by atoms with van der Waals surface area (Å²) in [5.41, 5.74) is 1.61. The number of benzene rings is 3. The maximum atomic E-state index is 14.5. The fourth-order valence-electron chi connectivity index (χ4n) is 2.53. The molecule has 0 aliphatic rings. The summed E-state index contributed by atoms with van der Waals surface area (Å²) < 4.78 is 39.2. The Balaban J connectivity index is 2.01. The molecular weight excluding hydrogens is 310 g/mol. The lowest BCUT2D eigenvalue weighted by Crippen LogP contribution is -1.92. The minimum atomic E-state index is -0.479. The number of hydrogen-bond acceptors (Lipinski definition) is 2. The predicted molar refractivity (Wildman–Crippen MR) is 90.3 cm³/mol. The highest BCUT2D eigenvalue weighted by Crippen LogP contribution is 2.32. The first-order valence-electron chi connectivity index (χ1n) is 7.40. The van der Waals surface area contributed by atoms with E-state index in [1.165, 1.54) is 12.1 Å². The van der Waals surface area contributed by atoms with Crippen LogP contribution in [-0.4, -0.2) is 14.2 Å². The van der Waals surface area contributed by atoms with Gasteiger partial charge in [-0.15, -0.1) is 0 Å². The van der Waals surface area contributed by atoms with Gasteiger partial charge >= 0.3 is 0 Å². The van der Waals surface area contributed by atoms with Crippen molar-refractivity contribution in [3.63, 3.8) is 0 Å². The van der Waals surface area contributed by atoms with Gasteiger partial charge in [0.25, 0.3) is 0 Å². The summed E-state index contributed by atoms with van der Waals surface area (Å²) in [5.74, 6) is 0.365. The van der Waals surface area contributed by atoms with Gasteiger partial charge in [-0.1, -0.05) is 24.3 Å². The Morgan fingerprint density at radius 3 is 1.21 bits per heavy atom. The molecule has 4 heteroatoms. The van der Waals surface area contributed by atoms with Crippen LogP contribution in [-0.2, 0) is 0 Å². The fourth-order valence-corrected chi connectivity index (χ4v) is 2.53. The van der Waals surface area contributed by atoms with E-state index in [1.807, 2.05) is 0 Å². The summed E-state index contributed by atoms with van der Waals surface area (Å²) >= 11 is 0. The van der Waals surface area contributed by atoms with Gasteiger partial charge in [-0.2, -0.15) is 0 Å². The van der Waals surface area contributed by atoms with Crippen molar-refractivity contribution in [1.29, 1.82) is 0 Å². The summed E-state index contributed by atoms with van der Waals surface area (Å²) in [7, 11) is 3.11. The molecule has 3 aromatic carbocycles. The van der Waals surface area contributed by atoms with E-state index in [2.05, 4.69) is 0 Å². The van der Waals surface area contributed by atoms with Gasteiger partial charge in [0.05, 0.1) is 14.2 Å². The molecule has 0 amide bonds. The number of rotatable bonds is 4. The summed E-state index contributed by atoms with van der Waals surface area (Å²) in [5, 5.41) is 0. The monoisotopic (exact) mass is 326 g/mol. The molecule has 0 bridgehead atoms. The third-order valence-corrected chi connectivity index (χ3v) is 3.86. The molecule has 3 aromatic rings. The third kappa shape index (κ3) is 3.08. The lowest BCUT2D eigenvalue weighted by molar-refractivity contribution is 0.414. The van der Waals surface area contributed by atoms with Gasteiger partial charge in [0, 0.05) is 11.1 Å². The molecule has 24 heavy (non-hydrogen) atoms. The first-order valence-corrected chi connectivity index (χ1v) is 7.40. The quantitative estimate of drug-likeness (QED) is 0.646. The number of hydrogen-bond donors (Lipinski definition) is 0. The second-order valence-electron chi connectivity index (χ2n) is 5.27. The summed E-state index contributed by atoms with van der Waals surface area (Å²) in [6.07, 6.45) is 0. The second kappa shape index (κ2) is 6.71. The van der Waals surface area contributed by atoms with Crippen molar-refractivity contribution in [1.82, 2.24) is 0 Å². The van der Waals surface area contributed by atoms with Gasteiger partial charge in [0.15, 0.2) is 0 Å². The molecule has 0 aromatic heterocycles. The van der Waals surface area contributed by atoms with Crippen LogP contribution in [0.2, 0.25) is 0 Å². The SMILES string of the molecule is COc1ccc(-c2cc(F)c(-c3ccc(OC)cc3)cc2F)cc1. The average molecular weight is 326 g/mol. The Labute approximate surface area is 139 Å². The van der Waals surface area contributed by atoms with E-state index >= 15 is 0 Å². The van der Waals surface area contributed by atoms with E-state index in [0.717, 1.165) is 0 Å². The molecule has 0 aliphatic carbocycles. The van der Waals surface area contributed by atoms with Gasteiger partial charge in [0.2, 0.25) is 0 Å².